The second kappa shape index (κ2) is 6.58. The molecule has 110 valence electrons. The molecule has 0 radical (unpaired) electrons. The average molecular weight is 357 g/mol. The molecule has 0 aliphatic heterocycles. The van der Waals surface area contributed by atoms with Gasteiger partial charge in [-0.3, -0.25) is 10.3 Å². The second-order valence-electron chi connectivity index (χ2n) is 4.75. The third kappa shape index (κ3) is 3.62. The Bertz CT molecular complexity index is 806. The number of pyridine rings is 1. The standard InChI is InChI=1S/C17H13BrN2O2/c18-14-6-7-16-13(8-14)9-15(10-19-16)20-17(21)22-11-12-4-2-1-3-5-12/h1-10H,11H2,(H,20,21). The first-order valence-electron chi connectivity index (χ1n) is 6.74. The van der Waals surface area contributed by atoms with Crippen LogP contribution >= 0.6 is 15.9 Å². The predicted molar refractivity (Wildman–Crippen MR) is 89.7 cm³/mol. The fraction of sp³-hybridized carbons (Fsp3) is 0.0588. The van der Waals surface area contributed by atoms with Crippen LogP contribution in [0.2, 0.25) is 0 Å². The van der Waals surface area contributed by atoms with Gasteiger partial charge in [0.15, 0.2) is 0 Å². The topological polar surface area (TPSA) is 51.2 Å². The predicted octanol–water partition coefficient (Wildman–Crippen LogP) is 4.75. The van der Waals surface area contributed by atoms with Gasteiger partial charge < -0.3 is 4.74 Å². The van der Waals surface area contributed by atoms with Crippen LogP contribution in [0.15, 0.2) is 65.3 Å². The van der Waals surface area contributed by atoms with E-state index in [0.29, 0.717) is 5.69 Å². The Morgan fingerprint density at radius 1 is 1.14 bits per heavy atom. The number of nitrogens with zero attached hydrogens (tertiary/aromatic N) is 1. The Morgan fingerprint density at radius 3 is 2.77 bits per heavy atom. The molecule has 0 bridgehead atoms. The van der Waals surface area contributed by atoms with Gasteiger partial charge in [0.2, 0.25) is 0 Å². The molecular formula is C17H13BrN2O2. The van der Waals surface area contributed by atoms with Gasteiger partial charge >= 0.3 is 6.09 Å². The number of rotatable bonds is 3. The highest BCUT2D eigenvalue weighted by Gasteiger charge is 2.05. The third-order valence-corrected chi connectivity index (χ3v) is 3.60. The normalized spacial score (nSPS) is 10.4. The Morgan fingerprint density at radius 2 is 1.95 bits per heavy atom. The third-order valence-electron chi connectivity index (χ3n) is 3.10. The van der Waals surface area contributed by atoms with Crippen LogP contribution in [0.4, 0.5) is 10.5 Å². The van der Waals surface area contributed by atoms with Crippen LogP contribution in [0.1, 0.15) is 5.56 Å². The first kappa shape index (κ1) is 14.5. The summed E-state index contributed by atoms with van der Waals surface area (Å²) >= 11 is 3.42. The van der Waals surface area contributed by atoms with E-state index in [4.69, 9.17) is 4.74 Å². The van der Waals surface area contributed by atoms with Gasteiger partial charge in [-0.1, -0.05) is 46.3 Å². The van der Waals surface area contributed by atoms with Crippen LogP contribution in [0, 0.1) is 0 Å². The highest BCUT2D eigenvalue weighted by molar-refractivity contribution is 9.10. The summed E-state index contributed by atoms with van der Waals surface area (Å²) in [6.07, 6.45) is 1.11. The molecule has 1 aromatic heterocycles. The Balaban J connectivity index is 1.66. The molecule has 0 unspecified atom stereocenters. The number of halogens is 1. The maximum Gasteiger partial charge on any atom is 0.412 e. The quantitative estimate of drug-likeness (QED) is 0.736. The minimum absolute atomic E-state index is 0.235. The molecule has 5 heteroatoms. The maximum atomic E-state index is 11.8. The summed E-state index contributed by atoms with van der Waals surface area (Å²) in [7, 11) is 0. The monoisotopic (exact) mass is 356 g/mol. The highest BCUT2D eigenvalue weighted by Crippen LogP contribution is 2.21. The number of fused-ring (bicyclic) bond motifs is 1. The van der Waals surface area contributed by atoms with Crippen molar-refractivity contribution in [3.8, 4) is 0 Å². The van der Waals surface area contributed by atoms with Crippen LogP contribution in [0.25, 0.3) is 10.9 Å². The van der Waals surface area contributed by atoms with E-state index in [1.54, 1.807) is 6.20 Å². The van der Waals surface area contributed by atoms with Gasteiger partial charge in [0.1, 0.15) is 6.61 Å². The van der Waals surface area contributed by atoms with E-state index in [1.165, 1.54) is 0 Å². The fourth-order valence-corrected chi connectivity index (χ4v) is 2.43. The van der Waals surface area contributed by atoms with Crippen LogP contribution in [-0.2, 0) is 11.3 Å². The number of nitrogens with one attached hydrogen (secondary N) is 1. The smallest absolute Gasteiger partial charge is 0.412 e. The molecule has 4 nitrogen and oxygen atoms in total. The zero-order chi connectivity index (χ0) is 15.4. The summed E-state index contributed by atoms with van der Waals surface area (Å²) in [5.74, 6) is 0. The van der Waals surface area contributed by atoms with Crippen molar-refractivity contribution < 1.29 is 9.53 Å². The number of hydrogen-bond acceptors (Lipinski definition) is 3. The molecule has 0 saturated carbocycles. The van der Waals surface area contributed by atoms with E-state index >= 15 is 0 Å². The van der Waals surface area contributed by atoms with Crippen molar-refractivity contribution in [2.75, 3.05) is 5.32 Å². The molecule has 0 spiro atoms. The number of amides is 1. The van der Waals surface area contributed by atoms with E-state index in [2.05, 4.69) is 26.2 Å². The molecule has 0 saturated heterocycles. The van der Waals surface area contributed by atoms with E-state index in [9.17, 15) is 4.79 Å². The second-order valence-corrected chi connectivity index (χ2v) is 5.66. The molecule has 0 fully saturated rings. The summed E-state index contributed by atoms with van der Waals surface area (Å²) < 4.78 is 6.14. The summed E-state index contributed by atoms with van der Waals surface area (Å²) in [5, 5.41) is 3.62. The lowest BCUT2D eigenvalue weighted by atomic mass is 10.2. The molecular weight excluding hydrogens is 344 g/mol. The van der Waals surface area contributed by atoms with Crippen LogP contribution in [0.3, 0.4) is 0 Å². The van der Waals surface area contributed by atoms with E-state index in [1.807, 2.05) is 54.6 Å². The summed E-state index contributed by atoms with van der Waals surface area (Å²) in [6, 6.07) is 17.2. The lowest BCUT2D eigenvalue weighted by Gasteiger charge is -2.07. The molecule has 1 amide bonds. The van der Waals surface area contributed by atoms with E-state index in [-0.39, 0.29) is 6.61 Å². The molecule has 3 rings (SSSR count). The van der Waals surface area contributed by atoms with Gasteiger partial charge in [-0.15, -0.1) is 0 Å². The van der Waals surface area contributed by atoms with Crippen molar-refractivity contribution in [3.63, 3.8) is 0 Å². The number of hydrogen-bond donors (Lipinski definition) is 1. The van der Waals surface area contributed by atoms with Crippen molar-refractivity contribution in [2.24, 2.45) is 0 Å². The number of carbonyl (C=O) groups is 1. The molecule has 0 aliphatic rings. The Labute approximate surface area is 136 Å². The van der Waals surface area contributed by atoms with Gasteiger partial charge in [-0.05, 0) is 29.8 Å². The zero-order valence-corrected chi connectivity index (χ0v) is 13.2. The Kier molecular flexibility index (Phi) is 4.34. The minimum Gasteiger partial charge on any atom is -0.444 e. The molecule has 3 aromatic rings. The summed E-state index contributed by atoms with van der Waals surface area (Å²) in [5.41, 5.74) is 2.41. The Hall–Kier alpha value is -2.40. The van der Waals surface area contributed by atoms with E-state index < -0.39 is 6.09 Å². The SMILES string of the molecule is O=C(Nc1cnc2ccc(Br)cc2c1)OCc1ccccc1. The van der Waals surface area contributed by atoms with Crippen molar-refractivity contribution in [1.82, 2.24) is 4.98 Å². The lowest BCUT2D eigenvalue weighted by molar-refractivity contribution is 0.155. The molecule has 1 N–H and O–H groups in total. The van der Waals surface area contributed by atoms with Gasteiger partial charge in [0, 0.05) is 9.86 Å². The van der Waals surface area contributed by atoms with Crippen LogP contribution in [0.5, 0.6) is 0 Å². The van der Waals surface area contributed by atoms with Crippen LogP contribution in [-0.4, -0.2) is 11.1 Å². The first-order chi connectivity index (χ1) is 10.7. The number of ether oxygens (including phenoxy) is 1. The molecule has 22 heavy (non-hydrogen) atoms. The molecule has 1 heterocycles. The van der Waals surface area contributed by atoms with Gasteiger partial charge in [0.05, 0.1) is 17.4 Å². The average Bonchev–Trinajstić information content (AvgIpc) is 2.53. The summed E-state index contributed by atoms with van der Waals surface area (Å²) in [4.78, 5) is 16.1. The van der Waals surface area contributed by atoms with Gasteiger partial charge in [-0.25, -0.2) is 4.79 Å². The molecule has 0 atom stereocenters. The number of anilines is 1. The largest absolute Gasteiger partial charge is 0.444 e. The van der Waals surface area contributed by atoms with E-state index in [0.717, 1.165) is 20.9 Å². The number of carbonyl (C=O) groups excluding carboxylic acids is 1. The number of benzene rings is 2. The van der Waals surface area contributed by atoms with Crippen molar-refractivity contribution in [2.45, 2.75) is 6.61 Å². The van der Waals surface area contributed by atoms with Crippen molar-refractivity contribution in [1.29, 1.82) is 0 Å². The fourth-order valence-electron chi connectivity index (χ4n) is 2.05. The highest BCUT2D eigenvalue weighted by atomic mass is 79.9. The molecule has 2 aromatic carbocycles. The zero-order valence-electron chi connectivity index (χ0n) is 11.6. The van der Waals surface area contributed by atoms with Gasteiger partial charge in [0.25, 0.3) is 0 Å². The molecule has 0 aliphatic carbocycles. The van der Waals surface area contributed by atoms with Crippen LogP contribution < -0.4 is 5.32 Å². The summed E-state index contributed by atoms with van der Waals surface area (Å²) in [6.45, 7) is 0.235. The van der Waals surface area contributed by atoms with Crippen molar-refractivity contribution in [3.05, 3.63) is 70.8 Å². The first-order valence-corrected chi connectivity index (χ1v) is 7.53. The number of aromatic nitrogens is 1. The minimum atomic E-state index is -0.500. The van der Waals surface area contributed by atoms with Crippen molar-refractivity contribution >= 4 is 38.6 Å². The maximum absolute atomic E-state index is 11.8. The van der Waals surface area contributed by atoms with Gasteiger partial charge in [-0.2, -0.15) is 0 Å². The lowest BCUT2D eigenvalue weighted by Crippen LogP contribution is -2.13.